The summed E-state index contributed by atoms with van der Waals surface area (Å²) in [4.78, 5) is 0. The summed E-state index contributed by atoms with van der Waals surface area (Å²) in [5.74, 6) is 0. The minimum absolute atomic E-state index is 0. The van der Waals surface area contributed by atoms with Crippen LogP contribution >= 0.6 is 24.0 Å². The molecule has 0 aliphatic rings. The second-order valence-corrected chi connectivity index (χ2v) is 1.21. The zero-order valence-electron chi connectivity index (χ0n) is 4.55. The molecule has 2 heteroatoms. The van der Waals surface area contributed by atoms with Crippen LogP contribution in [-0.4, -0.2) is 0 Å². The van der Waals surface area contributed by atoms with Gasteiger partial charge in [-0.1, -0.05) is 19.8 Å². The van der Waals surface area contributed by atoms with E-state index in [2.05, 4.69) is 13.8 Å². The first-order chi connectivity index (χ1) is 2.41. The van der Waals surface area contributed by atoms with Crippen molar-refractivity contribution in [1.82, 2.24) is 0 Å². The fourth-order valence-corrected chi connectivity index (χ4v) is 0.250. The van der Waals surface area contributed by atoms with E-state index >= 15 is 0 Å². The Labute approximate surface area is 77.1 Å². The molecule has 0 heterocycles. The Morgan fingerprint density at radius 3 is 1.86 bits per heavy atom. The Morgan fingerprint density at radius 1 is 1.43 bits per heavy atom. The number of hydrogen-bond acceptors (Lipinski definition) is 0. The topological polar surface area (TPSA) is 0 Å². The average Bonchev–Trinajstić information content (AvgIpc) is 1.41. The van der Waals surface area contributed by atoms with Crippen LogP contribution in [0.1, 0.15) is 26.2 Å². The third-order valence-electron chi connectivity index (χ3n) is 0.604. The van der Waals surface area contributed by atoms with Gasteiger partial charge in [0.25, 0.3) is 0 Å². The van der Waals surface area contributed by atoms with Crippen molar-refractivity contribution in [2.24, 2.45) is 0 Å². The van der Waals surface area contributed by atoms with Gasteiger partial charge < -0.3 is 6.92 Å². The van der Waals surface area contributed by atoms with Gasteiger partial charge in [0.2, 0.25) is 0 Å². The standard InChI is InChI=1S/C5H11.HI.Pd/c1-3-5-4-2;;/h1,3-5H2,2H3;1H;/q-1;;. The Morgan fingerprint density at radius 2 is 1.86 bits per heavy atom. The molecule has 50 valence electrons. The molecule has 0 amide bonds. The van der Waals surface area contributed by atoms with Crippen LogP contribution in [0.4, 0.5) is 0 Å². The molecule has 0 aliphatic carbocycles. The summed E-state index contributed by atoms with van der Waals surface area (Å²) < 4.78 is 0. The second kappa shape index (κ2) is 15.7. The van der Waals surface area contributed by atoms with Crippen molar-refractivity contribution < 1.29 is 20.4 Å². The normalized spacial score (nSPS) is 6.00. The van der Waals surface area contributed by atoms with Gasteiger partial charge in [0.05, 0.1) is 0 Å². The van der Waals surface area contributed by atoms with E-state index in [1.807, 2.05) is 0 Å². The van der Waals surface area contributed by atoms with Gasteiger partial charge in [-0.2, -0.15) is 6.42 Å². The van der Waals surface area contributed by atoms with Crippen molar-refractivity contribution >= 4 is 24.0 Å². The molecule has 0 aromatic carbocycles. The molecule has 0 aromatic rings. The zero-order valence-corrected chi connectivity index (χ0v) is 8.44. The first-order valence-electron chi connectivity index (χ1n) is 2.21. The average molecular weight is 305 g/mol. The smallest absolute Gasteiger partial charge is 0 e. The Hall–Kier alpha value is 1.39. The van der Waals surface area contributed by atoms with Gasteiger partial charge in [-0.3, -0.25) is 0 Å². The summed E-state index contributed by atoms with van der Waals surface area (Å²) in [6.45, 7) is 5.85. The minimum Gasteiger partial charge on any atom is -0.343 e. The molecule has 0 bridgehead atoms. The molecule has 0 N–H and O–H groups in total. The van der Waals surface area contributed by atoms with Crippen LogP contribution in [0.15, 0.2) is 0 Å². The Bertz CT molecular complexity index is 15.6. The predicted molar refractivity (Wildman–Crippen MR) is 40.3 cm³/mol. The van der Waals surface area contributed by atoms with Crippen molar-refractivity contribution in [2.75, 3.05) is 0 Å². The summed E-state index contributed by atoms with van der Waals surface area (Å²) >= 11 is 0. The summed E-state index contributed by atoms with van der Waals surface area (Å²) in [5.41, 5.74) is 0. The molecule has 0 spiro atoms. The molecule has 0 saturated heterocycles. The van der Waals surface area contributed by atoms with Crippen LogP contribution < -0.4 is 0 Å². The fourth-order valence-electron chi connectivity index (χ4n) is 0.250. The van der Waals surface area contributed by atoms with Crippen LogP contribution in [0.25, 0.3) is 0 Å². The van der Waals surface area contributed by atoms with Gasteiger partial charge in [-0.05, 0) is 0 Å². The van der Waals surface area contributed by atoms with Gasteiger partial charge in [-0.15, -0.1) is 24.0 Å². The van der Waals surface area contributed by atoms with Crippen LogP contribution in [0.5, 0.6) is 0 Å². The molecular formula is C5H12IPd-. The minimum atomic E-state index is 0. The van der Waals surface area contributed by atoms with E-state index in [0.717, 1.165) is 6.42 Å². The molecular weight excluding hydrogens is 293 g/mol. The first kappa shape index (κ1) is 15.8. The van der Waals surface area contributed by atoms with E-state index in [4.69, 9.17) is 0 Å². The third-order valence-corrected chi connectivity index (χ3v) is 0.604. The first-order valence-corrected chi connectivity index (χ1v) is 2.21. The molecule has 0 unspecified atom stereocenters. The Kier molecular flexibility index (Phi) is 35.3. The van der Waals surface area contributed by atoms with Gasteiger partial charge in [0, 0.05) is 20.4 Å². The summed E-state index contributed by atoms with van der Waals surface area (Å²) in [6.07, 6.45) is 3.65. The van der Waals surface area contributed by atoms with Crippen molar-refractivity contribution in [3.05, 3.63) is 6.92 Å². The largest absolute Gasteiger partial charge is 0.343 e. The number of halogens is 1. The summed E-state index contributed by atoms with van der Waals surface area (Å²) in [6, 6.07) is 0. The van der Waals surface area contributed by atoms with Gasteiger partial charge in [0.1, 0.15) is 0 Å². The van der Waals surface area contributed by atoms with Crippen molar-refractivity contribution in [3.8, 4) is 0 Å². The second-order valence-electron chi connectivity index (χ2n) is 1.21. The molecule has 0 radical (unpaired) electrons. The van der Waals surface area contributed by atoms with Crippen molar-refractivity contribution in [2.45, 2.75) is 26.2 Å². The molecule has 0 saturated carbocycles. The number of unbranched alkanes of at least 4 members (excludes halogenated alkanes) is 2. The van der Waals surface area contributed by atoms with E-state index in [1.54, 1.807) is 0 Å². The van der Waals surface area contributed by atoms with Crippen LogP contribution in [0.2, 0.25) is 0 Å². The molecule has 0 atom stereocenters. The van der Waals surface area contributed by atoms with E-state index in [0.29, 0.717) is 0 Å². The maximum Gasteiger partial charge on any atom is 0 e. The summed E-state index contributed by atoms with van der Waals surface area (Å²) in [5, 5.41) is 0. The summed E-state index contributed by atoms with van der Waals surface area (Å²) in [7, 11) is 0. The molecule has 0 nitrogen and oxygen atoms in total. The van der Waals surface area contributed by atoms with E-state index in [9.17, 15) is 0 Å². The van der Waals surface area contributed by atoms with Crippen LogP contribution in [0.3, 0.4) is 0 Å². The van der Waals surface area contributed by atoms with Crippen molar-refractivity contribution in [1.29, 1.82) is 0 Å². The fraction of sp³-hybridized carbons (Fsp3) is 0.800. The zero-order chi connectivity index (χ0) is 4.12. The number of rotatable bonds is 2. The third kappa shape index (κ3) is 18.7. The van der Waals surface area contributed by atoms with E-state index in [-0.39, 0.29) is 44.4 Å². The van der Waals surface area contributed by atoms with Gasteiger partial charge in [-0.25, -0.2) is 0 Å². The predicted octanol–water partition coefficient (Wildman–Crippen LogP) is 2.63. The van der Waals surface area contributed by atoms with Crippen LogP contribution in [-0.2, 0) is 20.4 Å². The molecule has 0 fully saturated rings. The molecule has 7 heavy (non-hydrogen) atoms. The quantitative estimate of drug-likeness (QED) is 0.418. The van der Waals surface area contributed by atoms with Gasteiger partial charge >= 0.3 is 0 Å². The van der Waals surface area contributed by atoms with E-state index in [1.165, 1.54) is 12.8 Å². The van der Waals surface area contributed by atoms with E-state index < -0.39 is 0 Å². The van der Waals surface area contributed by atoms with Gasteiger partial charge in [0.15, 0.2) is 0 Å². The number of hydrogen-bond donors (Lipinski definition) is 0. The SMILES string of the molecule is I.[CH2-]CCCC.[Pd]. The molecule has 0 rings (SSSR count). The maximum absolute atomic E-state index is 3.68. The van der Waals surface area contributed by atoms with Crippen LogP contribution in [0, 0.1) is 6.92 Å². The van der Waals surface area contributed by atoms with Crippen molar-refractivity contribution in [3.63, 3.8) is 0 Å². The Balaban J connectivity index is -0.0000000800. The molecule has 0 aliphatic heterocycles. The monoisotopic (exact) mass is 305 g/mol. The maximum atomic E-state index is 3.68. The molecule has 0 aromatic heterocycles.